The Morgan fingerprint density at radius 1 is 0.743 bits per heavy atom. The number of hydrogen-bond donors (Lipinski definition) is 2. The monoisotopic (exact) mass is 504 g/mol. The normalized spacial score (nSPS) is 11.0. The lowest BCUT2D eigenvalue weighted by molar-refractivity contribution is 0.102. The first-order valence-corrected chi connectivity index (χ1v) is 12.5. The third-order valence-corrected chi connectivity index (χ3v) is 6.87. The number of ketones is 1. The number of benzene rings is 4. The minimum atomic E-state index is -3.92. The van der Waals surface area contributed by atoms with Gasteiger partial charge in [-0.25, -0.2) is 8.42 Å². The standard InChI is InChI=1S/C27H21ClN2O4S/c1-18-11-14-21(15-12-18)35(33,34)30-25-10-6-5-9-22(25)27(32)29-24-16-13-20(28)17-23(24)26(31)19-7-3-2-4-8-19/h2-17,30H,1H3,(H,29,32). The molecule has 4 rings (SSSR count). The summed E-state index contributed by atoms with van der Waals surface area (Å²) >= 11 is 6.13. The van der Waals surface area contributed by atoms with Crippen LogP contribution in [-0.4, -0.2) is 20.1 Å². The molecule has 176 valence electrons. The van der Waals surface area contributed by atoms with Gasteiger partial charge in [-0.2, -0.15) is 0 Å². The number of amides is 1. The van der Waals surface area contributed by atoms with Gasteiger partial charge in [0.25, 0.3) is 15.9 Å². The fourth-order valence-electron chi connectivity index (χ4n) is 3.44. The smallest absolute Gasteiger partial charge is 0.261 e. The molecule has 0 saturated carbocycles. The number of anilines is 2. The Hall–Kier alpha value is -3.94. The number of aryl methyl sites for hydroxylation is 1. The lowest BCUT2D eigenvalue weighted by Gasteiger charge is -2.15. The molecule has 0 aliphatic heterocycles. The Morgan fingerprint density at radius 3 is 2.11 bits per heavy atom. The van der Waals surface area contributed by atoms with Crippen LogP contribution in [0.3, 0.4) is 0 Å². The summed E-state index contributed by atoms with van der Waals surface area (Å²) in [5.74, 6) is -0.895. The molecule has 0 atom stereocenters. The van der Waals surface area contributed by atoms with E-state index in [0.29, 0.717) is 10.6 Å². The highest BCUT2D eigenvalue weighted by atomic mass is 35.5. The minimum absolute atomic E-state index is 0.0757. The van der Waals surface area contributed by atoms with Crippen molar-refractivity contribution in [3.63, 3.8) is 0 Å². The molecule has 1 amide bonds. The topological polar surface area (TPSA) is 92.3 Å². The number of rotatable bonds is 7. The van der Waals surface area contributed by atoms with Crippen molar-refractivity contribution in [1.82, 2.24) is 0 Å². The van der Waals surface area contributed by atoms with Crippen LogP contribution in [0, 0.1) is 6.92 Å². The molecule has 0 aliphatic carbocycles. The zero-order valence-corrected chi connectivity index (χ0v) is 20.2. The van der Waals surface area contributed by atoms with E-state index in [-0.39, 0.29) is 33.2 Å². The van der Waals surface area contributed by atoms with Crippen molar-refractivity contribution in [1.29, 1.82) is 0 Å². The number of hydrogen-bond acceptors (Lipinski definition) is 4. The van der Waals surface area contributed by atoms with Crippen LogP contribution in [0.25, 0.3) is 0 Å². The molecule has 4 aromatic rings. The van der Waals surface area contributed by atoms with Crippen LogP contribution >= 0.6 is 11.6 Å². The van der Waals surface area contributed by atoms with Gasteiger partial charge in [-0.05, 0) is 49.4 Å². The summed E-state index contributed by atoms with van der Waals surface area (Å²) in [6, 6.07) is 25.8. The molecule has 8 heteroatoms. The molecular weight excluding hydrogens is 484 g/mol. The van der Waals surface area contributed by atoms with Gasteiger partial charge < -0.3 is 5.32 Å². The highest BCUT2D eigenvalue weighted by Crippen LogP contribution is 2.26. The van der Waals surface area contributed by atoms with E-state index in [1.54, 1.807) is 60.7 Å². The molecule has 4 aromatic carbocycles. The van der Waals surface area contributed by atoms with Crippen LogP contribution in [0.5, 0.6) is 0 Å². The van der Waals surface area contributed by atoms with Gasteiger partial charge in [-0.15, -0.1) is 0 Å². The number of nitrogens with one attached hydrogen (secondary N) is 2. The zero-order valence-electron chi connectivity index (χ0n) is 18.7. The Balaban J connectivity index is 1.64. The molecule has 6 nitrogen and oxygen atoms in total. The Kier molecular flexibility index (Phi) is 7.00. The second kappa shape index (κ2) is 10.1. The van der Waals surface area contributed by atoms with Crippen LogP contribution < -0.4 is 10.0 Å². The van der Waals surface area contributed by atoms with Gasteiger partial charge in [-0.3, -0.25) is 14.3 Å². The van der Waals surface area contributed by atoms with Crippen molar-refractivity contribution in [2.75, 3.05) is 10.0 Å². The van der Waals surface area contributed by atoms with Gasteiger partial charge in [0.05, 0.1) is 21.8 Å². The van der Waals surface area contributed by atoms with E-state index in [0.717, 1.165) is 5.56 Å². The third-order valence-electron chi connectivity index (χ3n) is 5.26. The number of para-hydroxylation sites is 1. The largest absolute Gasteiger partial charge is 0.321 e. The van der Waals surface area contributed by atoms with Crippen LogP contribution in [0.2, 0.25) is 5.02 Å². The molecule has 0 bridgehead atoms. The van der Waals surface area contributed by atoms with Crippen molar-refractivity contribution in [3.05, 3.63) is 124 Å². The van der Waals surface area contributed by atoms with E-state index in [2.05, 4.69) is 10.0 Å². The molecule has 0 heterocycles. The second-order valence-electron chi connectivity index (χ2n) is 7.80. The van der Waals surface area contributed by atoms with Gasteiger partial charge in [0.15, 0.2) is 5.78 Å². The fourth-order valence-corrected chi connectivity index (χ4v) is 4.69. The van der Waals surface area contributed by atoms with Crippen molar-refractivity contribution in [3.8, 4) is 0 Å². The fraction of sp³-hybridized carbons (Fsp3) is 0.0370. The zero-order chi connectivity index (χ0) is 25.0. The first-order chi connectivity index (χ1) is 16.7. The molecule has 0 spiro atoms. The van der Waals surface area contributed by atoms with Crippen molar-refractivity contribution in [2.45, 2.75) is 11.8 Å². The quantitative estimate of drug-likeness (QED) is 0.305. The van der Waals surface area contributed by atoms with E-state index in [1.807, 2.05) is 6.92 Å². The SMILES string of the molecule is Cc1ccc(S(=O)(=O)Nc2ccccc2C(=O)Nc2ccc(Cl)cc2C(=O)c2ccccc2)cc1. The average molecular weight is 505 g/mol. The van der Waals surface area contributed by atoms with Crippen molar-refractivity contribution in [2.24, 2.45) is 0 Å². The molecule has 0 fully saturated rings. The first-order valence-electron chi connectivity index (χ1n) is 10.6. The molecule has 0 saturated heterocycles. The van der Waals surface area contributed by atoms with Crippen LogP contribution in [0.15, 0.2) is 102 Å². The summed E-state index contributed by atoms with van der Waals surface area (Å²) < 4.78 is 28.2. The first kappa shape index (κ1) is 24.2. The molecule has 0 aromatic heterocycles. The molecule has 2 N–H and O–H groups in total. The van der Waals surface area contributed by atoms with Crippen LogP contribution in [0.4, 0.5) is 11.4 Å². The molecule has 0 aliphatic rings. The number of halogens is 1. The van der Waals surface area contributed by atoms with E-state index in [9.17, 15) is 18.0 Å². The summed E-state index contributed by atoms with van der Waals surface area (Å²) in [7, 11) is -3.92. The van der Waals surface area contributed by atoms with Gasteiger partial charge in [-0.1, -0.05) is 71.8 Å². The highest BCUT2D eigenvalue weighted by molar-refractivity contribution is 7.92. The maximum atomic E-state index is 13.2. The lowest BCUT2D eigenvalue weighted by atomic mass is 10.0. The Labute approximate surface area is 208 Å². The second-order valence-corrected chi connectivity index (χ2v) is 9.92. The predicted octanol–water partition coefficient (Wildman–Crippen LogP) is 5.93. The summed E-state index contributed by atoms with van der Waals surface area (Å²) in [5, 5.41) is 3.07. The average Bonchev–Trinajstić information content (AvgIpc) is 2.85. The van der Waals surface area contributed by atoms with E-state index in [1.165, 1.54) is 36.4 Å². The maximum absolute atomic E-state index is 13.2. The van der Waals surface area contributed by atoms with Crippen LogP contribution in [0.1, 0.15) is 31.8 Å². The van der Waals surface area contributed by atoms with Gasteiger partial charge >= 0.3 is 0 Å². The Morgan fingerprint density at radius 2 is 1.40 bits per heavy atom. The highest BCUT2D eigenvalue weighted by Gasteiger charge is 2.21. The van der Waals surface area contributed by atoms with E-state index < -0.39 is 15.9 Å². The summed E-state index contributed by atoms with van der Waals surface area (Å²) in [6.07, 6.45) is 0. The maximum Gasteiger partial charge on any atom is 0.261 e. The molecule has 35 heavy (non-hydrogen) atoms. The summed E-state index contributed by atoms with van der Waals surface area (Å²) in [5.41, 5.74) is 2.04. The van der Waals surface area contributed by atoms with Gasteiger partial charge in [0.1, 0.15) is 0 Å². The lowest BCUT2D eigenvalue weighted by Crippen LogP contribution is -2.19. The third kappa shape index (κ3) is 5.59. The molecule has 0 radical (unpaired) electrons. The van der Waals surface area contributed by atoms with Gasteiger partial charge in [0, 0.05) is 16.1 Å². The van der Waals surface area contributed by atoms with E-state index >= 15 is 0 Å². The predicted molar refractivity (Wildman–Crippen MR) is 138 cm³/mol. The van der Waals surface area contributed by atoms with Crippen LogP contribution in [-0.2, 0) is 10.0 Å². The van der Waals surface area contributed by atoms with E-state index in [4.69, 9.17) is 11.6 Å². The Bertz CT molecular complexity index is 1500. The van der Waals surface area contributed by atoms with Crippen molar-refractivity contribution >= 4 is 44.7 Å². The summed E-state index contributed by atoms with van der Waals surface area (Å²) in [4.78, 5) is 26.4. The molecule has 0 unspecified atom stereocenters. The van der Waals surface area contributed by atoms with Gasteiger partial charge in [0.2, 0.25) is 0 Å². The van der Waals surface area contributed by atoms with Crippen molar-refractivity contribution < 1.29 is 18.0 Å². The number of sulfonamides is 1. The number of carbonyl (C=O) groups is 2. The summed E-state index contributed by atoms with van der Waals surface area (Å²) in [6.45, 7) is 1.86. The number of carbonyl (C=O) groups excluding carboxylic acids is 2. The minimum Gasteiger partial charge on any atom is -0.321 e. The molecular formula is C27H21ClN2O4S.